The van der Waals surface area contributed by atoms with Crippen LogP contribution in [0.15, 0.2) is 11.6 Å². The number of nitrogens with zero attached hydrogens (tertiary/aromatic N) is 2. The zero-order valence-electron chi connectivity index (χ0n) is 9.56. The molecule has 3 nitrogen and oxygen atoms in total. The van der Waals surface area contributed by atoms with Crippen LogP contribution in [0.4, 0.5) is 5.13 Å². The second-order valence-corrected chi connectivity index (χ2v) is 5.83. The van der Waals surface area contributed by atoms with Gasteiger partial charge in [0.15, 0.2) is 5.13 Å². The van der Waals surface area contributed by atoms with Gasteiger partial charge in [0, 0.05) is 30.7 Å². The molecule has 0 bridgehead atoms. The van der Waals surface area contributed by atoms with Crippen LogP contribution in [-0.4, -0.2) is 30.7 Å². The van der Waals surface area contributed by atoms with E-state index in [4.69, 9.17) is 0 Å². The number of hydrogen-bond acceptors (Lipinski definition) is 4. The summed E-state index contributed by atoms with van der Waals surface area (Å²) >= 11 is 1.77. The molecule has 1 aromatic heterocycles. The maximum absolute atomic E-state index is 4.46. The van der Waals surface area contributed by atoms with Gasteiger partial charge in [-0.3, -0.25) is 0 Å². The SMILES string of the molecule is c1csc(N(CC2CC2)CC2CCCN2)n1. The highest BCUT2D eigenvalue weighted by Crippen LogP contribution is 2.32. The zero-order chi connectivity index (χ0) is 10.8. The van der Waals surface area contributed by atoms with Crippen LogP contribution in [0.2, 0.25) is 0 Å². The summed E-state index contributed by atoms with van der Waals surface area (Å²) in [5, 5.41) is 6.87. The molecule has 16 heavy (non-hydrogen) atoms. The lowest BCUT2D eigenvalue weighted by molar-refractivity contribution is 0.570. The van der Waals surface area contributed by atoms with Crippen molar-refractivity contribution in [2.75, 3.05) is 24.5 Å². The number of anilines is 1. The zero-order valence-corrected chi connectivity index (χ0v) is 10.4. The average molecular weight is 237 g/mol. The van der Waals surface area contributed by atoms with Crippen molar-refractivity contribution in [3.05, 3.63) is 11.6 Å². The van der Waals surface area contributed by atoms with E-state index in [1.54, 1.807) is 11.3 Å². The van der Waals surface area contributed by atoms with Gasteiger partial charge in [0.1, 0.15) is 0 Å². The summed E-state index contributed by atoms with van der Waals surface area (Å²) in [5.41, 5.74) is 0. The molecular formula is C12H19N3S. The Kier molecular flexibility index (Phi) is 3.11. The third-order valence-electron chi connectivity index (χ3n) is 3.47. The molecule has 1 aromatic rings. The molecule has 2 aliphatic rings. The lowest BCUT2D eigenvalue weighted by Gasteiger charge is -2.25. The van der Waals surface area contributed by atoms with Gasteiger partial charge in [-0.1, -0.05) is 0 Å². The number of nitrogens with one attached hydrogen (secondary N) is 1. The van der Waals surface area contributed by atoms with Gasteiger partial charge >= 0.3 is 0 Å². The van der Waals surface area contributed by atoms with Crippen LogP contribution in [0, 0.1) is 5.92 Å². The van der Waals surface area contributed by atoms with Crippen molar-refractivity contribution in [2.24, 2.45) is 5.92 Å². The monoisotopic (exact) mass is 237 g/mol. The highest BCUT2D eigenvalue weighted by atomic mass is 32.1. The third kappa shape index (κ3) is 2.55. The van der Waals surface area contributed by atoms with Crippen LogP contribution in [0.5, 0.6) is 0 Å². The molecule has 3 rings (SSSR count). The van der Waals surface area contributed by atoms with Crippen molar-refractivity contribution in [1.29, 1.82) is 0 Å². The molecule has 0 radical (unpaired) electrons. The Balaban J connectivity index is 1.63. The summed E-state index contributed by atoms with van der Waals surface area (Å²) < 4.78 is 0. The predicted molar refractivity (Wildman–Crippen MR) is 68.1 cm³/mol. The first-order chi connectivity index (χ1) is 7.92. The van der Waals surface area contributed by atoms with Crippen molar-refractivity contribution < 1.29 is 0 Å². The van der Waals surface area contributed by atoms with Crippen LogP contribution < -0.4 is 10.2 Å². The normalized spacial score (nSPS) is 24.9. The fourth-order valence-electron chi connectivity index (χ4n) is 2.39. The van der Waals surface area contributed by atoms with Crippen LogP contribution in [0.25, 0.3) is 0 Å². The molecule has 1 saturated carbocycles. The Morgan fingerprint density at radius 2 is 2.31 bits per heavy atom. The first-order valence-corrected chi connectivity index (χ1v) is 7.17. The first-order valence-electron chi connectivity index (χ1n) is 6.29. The van der Waals surface area contributed by atoms with Crippen LogP contribution >= 0.6 is 11.3 Å². The highest BCUT2D eigenvalue weighted by Gasteiger charge is 2.27. The Morgan fingerprint density at radius 1 is 1.38 bits per heavy atom. The average Bonchev–Trinajstić information content (AvgIpc) is 2.82. The van der Waals surface area contributed by atoms with E-state index in [1.165, 1.54) is 43.9 Å². The molecule has 4 heteroatoms. The van der Waals surface area contributed by atoms with E-state index in [-0.39, 0.29) is 0 Å². The van der Waals surface area contributed by atoms with Gasteiger partial charge in [-0.2, -0.15) is 0 Å². The minimum absolute atomic E-state index is 0.683. The van der Waals surface area contributed by atoms with Crippen LogP contribution in [0.1, 0.15) is 25.7 Å². The summed E-state index contributed by atoms with van der Waals surface area (Å²) in [7, 11) is 0. The Morgan fingerprint density at radius 3 is 2.94 bits per heavy atom. The number of hydrogen-bond donors (Lipinski definition) is 1. The minimum atomic E-state index is 0.683. The standard InChI is InChI=1S/C12H19N3S/c1-2-11(13-5-1)9-15(8-10-3-4-10)12-14-6-7-16-12/h6-7,10-11,13H,1-5,8-9H2. The van der Waals surface area contributed by atoms with Gasteiger partial charge in [0.25, 0.3) is 0 Å². The van der Waals surface area contributed by atoms with Crippen molar-refractivity contribution in [2.45, 2.75) is 31.7 Å². The second kappa shape index (κ2) is 4.72. The van der Waals surface area contributed by atoms with E-state index in [0.29, 0.717) is 6.04 Å². The van der Waals surface area contributed by atoms with Gasteiger partial charge in [-0.25, -0.2) is 4.98 Å². The van der Waals surface area contributed by atoms with Crippen LogP contribution in [0.3, 0.4) is 0 Å². The quantitative estimate of drug-likeness (QED) is 0.850. The van der Waals surface area contributed by atoms with E-state index >= 15 is 0 Å². The number of rotatable bonds is 5. The van der Waals surface area contributed by atoms with Gasteiger partial charge in [-0.15, -0.1) is 11.3 Å². The third-order valence-corrected chi connectivity index (χ3v) is 4.30. The summed E-state index contributed by atoms with van der Waals surface area (Å²) in [6.45, 7) is 3.55. The van der Waals surface area contributed by atoms with Gasteiger partial charge in [0.05, 0.1) is 0 Å². The van der Waals surface area contributed by atoms with Gasteiger partial charge < -0.3 is 10.2 Å². The van der Waals surface area contributed by atoms with Crippen LogP contribution in [-0.2, 0) is 0 Å². The maximum atomic E-state index is 4.46. The number of thiazole rings is 1. The molecule has 1 aliphatic heterocycles. The molecule has 0 spiro atoms. The largest absolute Gasteiger partial charge is 0.346 e. The minimum Gasteiger partial charge on any atom is -0.346 e. The summed E-state index contributed by atoms with van der Waals surface area (Å²) in [4.78, 5) is 6.95. The van der Waals surface area contributed by atoms with E-state index in [9.17, 15) is 0 Å². The molecule has 1 aliphatic carbocycles. The Bertz CT molecular complexity index is 315. The van der Waals surface area contributed by atoms with E-state index < -0.39 is 0 Å². The van der Waals surface area contributed by atoms with E-state index in [1.807, 2.05) is 6.20 Å². The summed E-state index contributed by atoms with van der Waals surface area (Å²) in [5.74, 6) is 0.935. The fourth-order valence-corrected chi connectivity index (χ4v) is 3.06. The maximum Gasteiger partial charge on any atom is 0.185 e. The van der Waals surface area contributed by atoms with Gasteiger partial charge in [0.2, 0.25) is 0 Å². The molecule has 88 valence electrons. The molecule has 2 fully saturated rings. The fraction of sp³-hybridized carbons (Fsp3) is 0.750. The van der Waals surface area contributed by atoms with E-state index in [2.05, 4.69) is 20.6 Å². The first kappa shape index (κ1) is 10.5. The lowest BCUT2D eigenvalue weighted by Crippen LogP contribution is -2.38. The highest BCUT2D eigenvalue weighted by molar-refractivity contribution is 7.13. The van der Waals surface area contributed by atoms with E-state index in [0.717, 1.165) is 12.5 Å². The Labute approximate surface area is 101 Å². The predicted octanol–water partition coefficient (Wildman–Crippen LogP) is 2.11. The second-order valence-electron chi connectivity index (χ2n) is 4.96. The summed E-state index contributed by atoms with van der Waals surface area (Å²) in [6, 6.07) is 0.683. The lowest BCUT2D eigenvalue weighted by atomic mass is 10.2. The molecule has 2 heterocycles. The van der Waals surface area contributed by atoms with Crippen molar-refractivity contribution in [1.82, 2.24) is 10.3 Å². The van der Waals surface area contributed by atoms with Crippen molar-refractivity contribution in [3.8, 4) is 0 Å². The molecule has 0 aromatic carbocycles. The molecule has 0 amide bonds. The molecule has 1 atom stereocenters. The molecule has 1 unspecified atom stereocenters. The topological polar surface area (TPSA) is 28.2 Å². The van der Waals surface area contributed by atoms with Crippen molar-refractivity contribution >= 4 is 16.5 Å². The number of aromatic nitrogens is 1. The smallest absolute Gasteiger partial charge is 0.185 e. The summed E-state index contributed by atoms with van der Waals surface area (Å²) in [6.07, 6.45) is 7.41. The molecule has 1 N–H and O–H groups in total. The Hall–Kier alpha value is -0.610. The molecular weight excluding hydrogens is 218 g/mol. The van der Waals surface area contributed by atoms with Crippen molar-refractivity contribution in [3.63, 3.8) is 0 Å². The molecule has 1 saturated heterocycles. The van der Waals surface area contributed by atoms with Gasteiger partial charge in [-0.05, 0) is 38.1 Å².